The number of allylic oxidation sites excluding steroid dienone is 1. The molecule has 0 aromatic rings. The fourth-order valence-electron chi connectivity index (χ4n) is 6.63. The van der Waals surface area contributed by atoms with E-state index in [1.165, 1.54) is 11.1 Å². The van der Waals surface area contributed by atoms with Gasteiger partial charge < -0.3 is 14.0 Å². The molecule has 0 aromatic carbocycles. The third-order valence-corrected chi connectivity index (χ3v) is 20.5. The van der Waals surface area contributed by atoms with E-state index in [0.717, 1.165) is 31.4 Å². The molecule has 0 heterocycles. The molecule has 0 saturated heterocycles. The molecule has 1 N–H and O–H groups in total. The molecule has 3 nitrogen and oxygen atoms in total. The molecule has 1 rings (SSSR count). The first-order valence-electron chi connectivity index (χ1n) is 14.7. The second-order valence-corrected chi connectivity index (χ2v) is 24.8. The normalized spacial score (nSPS) is 20.8. The van der Waals surface area contributed by atoms with Crippen LogP contribution >= 0.6 is 0 Å². The van der Waals surface area contributed by atoms with Gasteiger partial charge in [-0.25, -0.2) is 0 Å². The zero-order valence-corrected chi connectivity index (χ0v) is 29.0. The van der Waals surface area contributed by atoms with Crippen LogP contribution in [0.1, 0.15) is 102 Å². The van der Waals surface area contributed by atoms with E-state index in [2.05, 4.69) is 103 Å². The number of aliphatic hydroxyl groups is 1. The Bertz CT molecular complexity index is 791. The highest BCUT2D eigenvalue weighted by atomic mass is 28.4. The molecule has 0 saturated carbocycles. The quantitative estimate of drug-likeness (QED) is 0.141. The predicted octanol–water partition coefficient (Wildman–Crippen LogP) is 9.82. The van der Waals surface area contributed by atoms with Gasteiger partial charge in [0.05, 0.1) is 12.7 Å². The summed E-state index contributed by atoms with van der Waals surface area (Å²) < 4.78 is 13.4. The van der Waals surface area contributed by atoms with Crippen molar-refractivity contribution < 1.29 is 14.0 Å². The summed E-state index contributed by atoms with van der Waals surface area (Å²) in [6, 6.07) is 0. The molecule has 0 fully saturated rings. The Morgan fingerprint density at radius 1 is 1.05 bits per heavy atom. The van der Waals surface area contributed by atoms with Crippen LogP contribution in [0.25, 0.3) is 0 Å². The summed E-state index contributed by atoms with van der Waals surface area (Å²) in [5, 5.41) is 11.7. The van der Waals surface area contributed by atoms with Crippen LogP contribution in [0.3, 0.4) is 0 Å². The molecule has 0 aromatic heterocycles. The average molecular weight is 551 g/mol. The summed E-state index contributed by atoms with van der Waals surface area (Å²) in [5.74, 6) is 0.163. The minimum absolute atomic E-state index is 0.0888. The standard InChI is InChI=1S/C32H62O3Si2/c1-16-27(22-35-37(23(2)3,24(4)5)25(6)7)21-30(33)29-18-17-26(8)28(32(29,12)13)19-20-34-36(14,15)31(9,10)11/h16,21,23-25,29-30,33H,1,17-20,22H2,2-15H3/b27-21+/t29-,30+/m0/s1. The van der Waals surface area contributed by atoms with Gasteiger partial charge in [-0.1, -0.05) is 106 Å². The van der Waals surface area contributed by atoms with Gasteiger partial charge >= 0.3 is 0 Å². The summed E-state index contributed by atoms with van der Waals surface area (Å²) >= 11 is 0. The van der Waals surface area contributed by atoms with Gasteiger partial charge in [0.15, 0.2) is 8.32 Å². The third-order valence-electron chi connectivity index (χ3n) is 9.93. The van der Waals surface area contributed by atoms with Crippen LogP contribution < -0.4 is 0 Å². The highest BCUT2D eigenvalue weighted by molar-refractivity contribution is 6.77. The van der Waals surface area contributed by atoms with Gasteiger partial charge in [0.2, 0.25) is 8.32 Å². The van der Waals surface area contributed by atoms with E-state index >= 15 is 0 Å². The van der Waals surface area contributed by atoms with Crippen LogP contribution in [0.2, 0.25) is 34.8 Å². The number of hydrogen-bond acceptors (Lipinski definition) is 3. The first-order chi connectivity index (χ1) is 16.8. The Morgan fingerprint density at radius 2 is 1.57 bits per heavy atom. The fraction of sp³-hybridized carbons (Fsp3) is 0.812. The average Bonchev–Trinajstić information content (AvgIpc) is 2.73. The van der Waals surface area contributed by atoms with Crippen LogP contribution in [-0.4, -0.2) is 41.1 Å². The molecular formula is C32H62O3Si2. The molecule has 0 aliphatic heterocycles. The summed E-state index contributed by atoms with van der Waals surface area (Å²) in [5.41, 5.74) is 5.47. The molecular weight excluding hydrogens is 489 g/mol. The first-order valence-corrected chi connectivity index (χ1v) is 19.8. The van der Waals surface area contributed by atoms with E-state index in [0.29, 0.717) is 23.2 Å². The van der Waals surface area contributed by atoms with Crippen LogP contribution in [0.15, 0.2) is 35.5 Å². The van der Waals surface area contributed by atoms with E-state index in [4.69, 9.17) is 8.85 Å². The Morgan fingerprint density at radius 3 is 2.00 bits per heavy atom. The van der Waals surface area contributed by atoms with Crippen molar-refractivity contribution in [2.45, 2.75) is 143 Å². The Hall–Kier alpha value is -0.466. The maximum atomic E-state index is 11.5. The zero-order chi connectivity index (χ0) is 29.0. The van der Waals surface area contributed by atoms with Crippen LogP contribution in [0.4, 0.5) is 0 Å². The van der Waals surface area contributed by atoms with E-state index in [-0.39, 0.29) is 16.4 Å². The third kappa shape index (κ3) is 8.03. The molecule has 2 atom stereocenters. The van der Waals surface area contributed by atoms with Crippen molar-refractivity contribution in [2.24, 2.45) is 11.3 Å². The van der Waals surface area contributed by atoms with Crippen molar-refractivity contribution in [3.63, 3.8) is 0 Å². The molecule has 1 aliphatic rings. The van der Waals surface area contributed by atoms with Gasteiger partial charge in [0.1, 0.15) is 0 Å². The van der Waals surface area contributed by atoms with E-state index in [1.54, 1.807) is 0 Å². The zero-order valence-electron chi connectivity index (χ0n) is 27.0. The van der Waals surface area contributed by atoms with Crippen molar-refractivity contribution in [1.29, 1.82) is 0 Å². The molecule has 37 heavy (non-hydrogen) atoms. The lowest BCUT2D eigenvalue weighted by Crippen LogP contribution is -2.48. The molecule has 0 amide bonds. The SMILES string of the molecule is C=C/C(=C\[C@@H](O)[C@@H]1CCC(C)=C(CCO[Si](C)(C)C(C)(C)C)C1(C)C)CO[Si](C(C)C)(C(C)C)C(C)C. The molecule has 0 spiro atoms. The van der Waals surface area contributed by atoms with Gasteiger partial charge in [-0.15, -0.1) is 0 Å². The minimum Gasteiger partial charge on any atom is -0.417 e. The maximum absolute atomic E-state index is 11.5. The topological polar surface area (TPSA) is 38.7 Å². The molecule has 0 bridgehead atoms. The van der Waals surface area contributed by atoms with Crippen molar-refractivity contribution in [2.75, 3.05) is 13.2 Å². The summed E-state index contributed by atoms with van der Waals surface area (Å²) in [6.45, 7) is 37.7. The second-order valence-electron chi connectivity index (χ2n) is 14.5. The molecule has 0 unspecified atom stereocenters. The second kappa shape index (κ2) is 13.3. The van der Waals surface area contributed by atoms with Gasteiger partial charge in [-0.3, -0.25) is 0 Å². The highest BCUT2D eigenvalue weighted by Crippen LogP contribution is 2.48. The Balaban J connectivity index is 3.08. The summed E-state index contributed by atoms with van der Waals surface area (Å²) in [4.78, 5) is 0. The molecule has 0 radical (unpaired) electrons. The molecule has 1 aliphatic carbocycles. The van der Waals surface area contributed by atoms with Gasteiger partial charge in [-0.05, 0) is 77.8 Å². The summed E-state index contributed by atoms with van der Waals surface area (Å²) in [6.07, 6.45) is 6.37. The van der Waals surface area contributed by atoms with Crippen LogP contribution in [-0.2, 0) is 8.85 Å². The Kier molecular flexibility index (Phi) is 12.4. The van der Waals surface area contributed by atoms with Gasteiger partial charge in [0.25, 0.3) is 0 Å². The van der Waals surface area contributed by atoms with Crippen molar-refractivity contribution in [3.05, 3.63) is 35.5 Å². The fourth-order valence-corrected chi connectivity index (χ4v) is 13.1. The van der Waals surface area contributed by atoms with Crippen molar-refractivity contribution in [3.8, 4) is 0 Å². The maximum Gasteiger partial charge on any atom is 0.200 e. The Labute approximate surface area is 233 Å². The highest BCUT2D eigenvalue weighted by Gasteiger charge is 2.45. The lowest BCUT2D eigenvalue weighted by atomic mass is 9.62. The lowest BCUT2D eigenvalue weighted by molar-refractivity contribution is 0.0676. The van der Waals surface area contributed by atoms with Crippen molar-refractivity contribution in [1.82, 2.24) is 0 Å². The minimum atomic E-state index is -1.98. The van der Waals surface area contributed by atoms with Crippen molar-refractivity contribution >= 4 is 16.6 Å². The number of rotatable bonds is 13. The largest absolute Gasteiger partial charge is 0.417 e. The van der Waals surface area contributed by atoms with E-state index in [1.807, 2.05) is 12.2 Å². The predicted molar refractivity (Wildman–Crippen MR) is 168 cm³/mol. The molecule has 5 heteroatoms. The van der Waals surface area contributed by atoms with Gasteiger partial charge in [0, 0.05) is 6.61 Å². The van der Waals surface area contributed by atoms with E-state index < -0.39 is 22.7 Å². The number of hydrogen-bond donors (Lipinski definition) is 1. The summed E-state index contributed by atoms with van der Waals surface area (Å²) in [7, 11) is -3.75. The van der Waals surface area contributed by atoms with Crippen LogP contribution in [0.5, 0.6) is 0 Å². The van der Waals surface area contributed by atoms with E-state index in [9.17, 15) is 5.11 Å². The smallest absolute Gasteiger partial charge is 0.200 e. The van der Waals surface area contributed by atoms with Crippen LogP contribution in [0, 0.1) is 11.3 Å². The lowest BCUT2D eigenvalue weighted by Gasteiger charge is -2.44. The molecule has 216 valence electrons. The monoisotopic (exact) mass is 550 g/mol. The number of aliphatic hydroxyl groups excluding tert-OH is 1. The first kappa shape index (κ1) is 34.6. The van der Waals surface area contributed by atoms with Gasteiger partial charge in [-0.2, -0.15) is 0 Å².